The Morgan fingerprint density at radius 3 is 2.47 bits per heavy atom. The van der Waals surface area contributed by atoms with Crippen LogP contribution in [0.2, 0.25) is 0 Å². The summed E-state index contributed by atoms with van der Waals surface area (Å²) < 4.78 is 0. The standard InChI is InChI=1S/C14H18O/c1-11(10-15)8-12-6-5-7-13(9-12)14(2,3)4/h5-10H,1-4H3/b11-8+. The third-order valence-electron chi connectivity index (χ3n) is 2.33. The van der Waals surface area contributed by atoms with Gasteiger partial charge in [-0.2, -0.15) is 0 Å². The number of benzene rings is 1. The van der Waals surface area contributed by atoms with E-state index in [2.05, 4.69) is 32.9 Å². The molecular formula is C14H18O. The maximum atomic E-state index is 10.5. The molecule has 0 saturated heterocycles. The van der Waals surface area contributed by atoms with Crippen molar-refractivity contribution in [3.8, 4) is 0 Å². The van der Waals surface area contributed by atoms with Gasteiger partial charge >= 0.3 is 0 Å². The Balaban J connectivity index is 3.09. The first-order valence-corrected chi connectivity index (χ1v) is 5.17. The highest BCUT2D eigenvalue weighted by molar-refractivity contribution is 5.80. The van der Waals surface area contributed by atoms with Gasteiger partial charge in [0.15, 0.2) is 0 Å². The molecule has 0 radical (unpaired) electrons. The second kappa shape index (κ2) is 4.43. The molecule has 1 nitrogen and oxygen atoms in total. The van der Waals surface area contributed by atoms with Gasteiger partial charge in [-0.1, -0.05) is 45.0 Å². The third-order valence-corrected chi connectivity index (χ3v) is 2.33. The van der Waals surface area contributed by atoms with E-state index < -0.39 is 0 Å². The highest BCUT2D eigenvalue weighted by atomic mass is 16.1. The highest BCUT2D eigenvalue weighted by Gasteiger charge is 2.12. The van der Waals surface area contributed by atoms with Crippen LogP contribution in [0.1, 0.15) is 38.8 Å². The third kappa shape index (κ3) is 3.35. The summed E-state index contributed by atoms with van der Waals surface area (Å²) in [6.45, 7) is 8.37. The molecule has 0 atom stereocenters. The van der Waals surface area contributed by atoms with E-state index in [0.717, 1.165) is 17.4 Å². The molecule has 0 aromatic heterocycles. The van der Waals surface area contributed by atoms with Crippen molar-refractivity contribution in [1.29, 1.82) is 0 Å². The van der Waals surface area contributed by atoms with Crippen molar-refractivity contribution in [2.45, 2.75) is 33.1 Å². The quantitative estimate of drug-likeness (QED) is 0.529. The molecule has 0 fully saturated rings. The van der Waals surface area contributed by atoms with Gasteiger partial charge < -0.3 is 0 Å². The number of allylic oxidation sites excluding steroid dienone is 1. The molecule has 80 valence electrons. The molecule has 0 bridgehead atoms. The Labute approximate surface area is 91.8 Å². The molecular weight excluding hydrogens is 184 g/mol. The van der Waals surface area contributed by atoms with Crippen molar-refractivity contribution >= 4 is 12.4 Å². The Morgan fingerprint density at radius 2 is 1.93 bits per heavy atom. The van der Waals surface area contributed by atoms with Gasteiger partial charge in [0.05, 0.1) is 0 Å². The minimum absolute atomic E-state index is 0.152. The first-order valence-electron chi connectivity index (χ1n) is 5.17. The molecule has 1 heteroatoms. The summed E-state index contributed by atoms with van der Waals surface area (Å²) in [6.07, 6.45) is 2.78. The Morgan fingerprint density at radius 1 is 1.27 bits per heavy atom. The SMILES string of the molecule is C/C(C=O)=C\c1cccc(C(C)(C)C)c1. The van der Waals surface area contributed by atoms with Crippen LogP contribution in [-0.2, 0) is 10.2 Å². The number of rotatable bonds is 2. The van der Waals surface area contributed by atoms with Crippen LogP contribution in [0, 0.1) is 0 Å². The van der Waals surface area contributed by atoms with Crippen LogP contribution < -0.4 is 0 Å². The zero-order valence-corrected chi connectivity index (χ0v) is 9.87. The van der Waals surface area contributed by atoms with Crippen molar-refractivity contribution in [3.05, 3.63) is 41.0 Å². The fourth-order valence-corrected chi connectivity index (χ4v) is 1.39. The summed E-state index contributed by atoms with van der Waals surface area (Å²) in [6, 6.07) is 8.30. The summed E-state index contributed by atoms with van der Waals surface area (Å²) >= 11 is 0. The molecule has 0 aliphatic carbocycles. The Kier molecular flexibility index (Phi) is 3.46. The van der Waals surface area contributed by atoms with E-state index in [1.54, 1.807) is 0 Å². The van der Waals surface area contributed by atoms with Gasteiger partial charge in [0, 0.05) is 0 Å². The average molecular weight is 202 g/mol. The zero-order valence-electron chi connectivity index (χ0n) is 9.87. The molecule has 0 aliphatic rings. The normalized spacial score (nSPS) is 12.7. The molecule has 15 heavy (non-hydrogen) atoms. The first-order chi connectivity index (χ1) is 6.93. The molecule has 0 unspecified atom stereocenters. The zero-order chi connectivity index (χ0) is 11.5. The van der Waals surface area contributed by atoms with Gasteiger partial charge in [0.1, 0.15) is 6.29 Å². The van der Waals surface area contributed by atoms with E-state index in [1.165, 1.54) is 5.56 Å². The van der Waals surface area contributed by atoms with Gasteiger partial charge in [0.25, 0.3) is 0 Å². The predicted molar refractivity (Wildman–Crippen MR) is 64.9 cm³/mol. The van der Waals surface area contributed by atoms with E-state index in [0.29, 0.717) is 0 Å². The second-order valence-corrected chi connectivity index (χ2v) is 4.88. The molecule has 0 heterocycles. The monoisotopic (exact) mass is 202 g/mol. The van der Waals surface area contributed by atoms with Crippen LogP contribution in [-0.4, -0.2) is 6.29 Å². The van der Waals surface area contributed by atoms with Crippen LogP contribution in [0.25, 0.3) is 6.08 Å². The van der Waals surface area contributed by atoms with Crippen molar-refractivity contribution in [3.63, 3.8) is 0 Å². The summed E-state index contributed by atoms with van der Waals surface area (Å²) in [5, 5.41) is 0. The topological polar surface area (TPSA) is 17.1 Å². The smallest absolute Gasteiger partial charge is 0.145 e. The fraction of sp³-hybridized carbons (Fsp3) is 0.357. The predicted octanol–water partition coefficient (Wildman–Crippen LogP) is 3.59. The average Bonchev–Trinajstić information content (AvgIpc) is 2.17. The molecule has 1 aromatic carbocycles. The van der Waals surface area contributed by atoms with Crippen LogP contribution in [0.5, 0.6) is 0 Å². The highest BCUT2D eigenvalue weighted by Crippen LogP contribution is 2.23. The molecule has 0 N–H and O–H groups in total. The minimum Gasteiger partial charge on any atom is -0.298 e. The van der Waals surface area contributed by atoms with Gasteiger partial charge in [-0.3, -0.25) is 4.79 Å². The lowest BCUT2D eigenvalue weighted by Crippen LogP contribution is -2.10. The summed E-state index contributed by atoms with van der Waals surface area (Å²) in [4.78, 5) is 10.5. The van der Waals surface area contributed by atoms with Crippen LogP contribution in [0.4, 0.5) is 0 Å². The summed E-state index contributed by atoms with van der Waals surface area (Å²) in [7, 11) is 0. The Bertz CT molecular complexity index is 381. The minimum atomic E-state index is 0.152. The number of carbonyl (C=O) groups is 1. The summed E-state index contributed by atoms with van der Waals surface area (Å²) in [5.74, 6) is 0. The van der Waals surface area contributed by atoms with Gasteiger partial charge in [-0.05, 0) is 35.1 Å². The summed E-state index contributed by atoms with van der Waals surface area (Å²) in [5.41, 5.74) is 3.28. The lowest BCUT2D eigenvalue weighted by Gasteiger charge is -2.19. The van der Waals surface area contributed by atoms with Crippen LogP contribution >= 0.6 is 0 Å². The molecule has 0 aliphatic heterocycles. The number of hydrogen-bond donors (Lipinski definition) is 0. The lowest BCUT2D eigenvalue weighted by molar-refractivity contribution is -0.104. The first kappa shape index (κ1) is 11.7. The maximum absolute atomic E-state index is 10.5. The van der Waals surface area contributed by atoms with E-state index in [1.807, 2.05) is 25.1 Å². The van der Waals surface area contributed by atoms with E-state index >= 15 is 0 Å². The van der Waals surface area contributed by atoms with Crippen molar-refractivity contribution in [2.75, 3.05) is 0 Å². The van der Waals surface area contributed by atoms with Crippen LogP contribution in [0.3, 0.4) is 0 Å². The fourth-order valence-electron chi connectivity index (χ4n) is 1.39. The molecule has 0 spiro atoms. The van der Waals surface area contributed by atoms with Gasteiger partial charge in [-0.25, -0.2) is 0 Å². The second-order valence-electron chi connectivity index (χ2n) is 4.88. The molecule has 1 rings (SSSR count). The van der Waals surface area contributed by atoms with Crippen molar-refractivity contribution in [2.24, 2.45) is 0 Å². The van der Waals surface area contributed by atoms with E-state index in [9.17, 15) is 4.79 Å². The maximum Gasteiger partial charge on any atom is 0.145 e. The number of aldehydes is 1. The van der Waals surface area contributed by atoms with Crippen LogP contribution in [0.15, 0.2) is 29.8 Å². The van der Waals surface area contributed by atoms with Crippen molar-refractivity contribution < 1.29 is 4.79 Å². The van der Waals surface area contributed by atoms with Crippen molar-refractivity contribution in [1.82, 2.24) is 0 Å². The molecule has 0 amide bonds. The molecule has 0 saturated carbocycles. The molecule has 1 aromatic rings. The van der Waals surface area contributed by atoms with E-state index in [4.69, 9.17) is 0 Å². The Hall–Kier alpha value is -1.37. The largest absolute Gasteiger partial charge is 0.298 e. The van der Waals surface area contributed by atoms with Gasteiger partial charge in [-0.15, -0.1) is 0 Å². The number of hydrogen-bond acceptors (Lipinski definition) is 1. The number of carbonyl (C=O) groups excluding carboxylic acids is 1. The van der Waals surface area contributed by atoms with Gasteiger partial charge in [0.2, 0.25) is 0 Å². The van der Waals surface area contributed by atoms with E-state index in [-0.39, 0.29) is 5.41 Å². The lowest BCUT2D eigenvalue weighted by atomic mass is 9.86.